The summed E-state index contributed by atoms with van der Waals surface area (Å²) in [5, 5.41) is 4.85. The molecule has 0 fully saturated rings. The van der Waals surface area contributed by atoms with Crippen molar-refractivity contribution in [2.24, 2.45) is 0 Å². The molecule has 0 aliphatic rings. The molecule has 7 heterocycles. The van der Waals surface area contributed by atoms with E-state index in [0.29, 0.717) is 0 Å². The lowest BCUT2D eigenvalue weighted by Gasteiger charge is -2.10. The molecule has 0 N–H and O–H groups in total. The number of thiophene rings is 2. The number of pyridine rings is 3. The molecule has 0 unspecified atom stereocenters. The fourth-order valence-electron chi connectivity index (χ4n) is 5.71. The molecule has 9 aromatic rings. The second kappa shape index (κ2) is 7.47. The van der Waals surface area contributed by atoms with Gasteiger partial charge in [-0.15, -0.1) is 22.7 Å². The molecule has 0 atom stereocenters. The number of nitrogens with zero attached hydrogens (tertiary/aromatic N) is 5. The summed E-state index contributed by atoms with van der Waals surface area (Å²) in [6.07, 6.45) is 3.75. The summed E-state index contributed by atoms with van der Waals surface area (Å²) in [5.41, 5.74) is 4.15. The first-order valence-corrected chi connectivity index (χ1v) is 14.0. The molecule has 0 saturated heterocycles. The molecule has 5 nitrogen and oxygen atoms in total. The largest absolute Gasteiger partial charge is 0.283 e. The average molecular weight is 524 g/mol. The van der Waals surface area contributed by atoms with E-state index < -0.39 is 0 Å². The zero-order chi connectivity index (χ0) is 24.8. The first-order chi connectivity index (χ1) is 18.9. The predicted molar refractivity (Wildman–Crippen MR) is 159 cm³/mol. The third kappa shape index (κ3) is 2.61. The third-order valence-electron chi connectivity index (χ3n) is 7.27. The minimum absolute atomic E-state index is 0.877. The number of aromatic nitrogens is 5. The molecule has 0 saturated carbocycles. The van der Waals surface area contributed by atoms with Crippen LogP contribution in [-0.2, 0) is 0 Å². The Kier molecular flexibility index (Phi) is 4.03. The highest BCUT2D eigenvalue weighted by molar-refractivity contribution is 7.26. The van der Waals surface area contributed by atoms with E-state index in [1.807, 2.05) is 24.5 Å². The van der Waals surface area contributed by atoms with Gasteiger partial charge in [0, 0.05) is 43.3 Å². The van der Waals surface area contributed by atoms with Crippen LogP contribution in [0.4, 0.5) is 0 Å². The zero-order valence-electron chi connectivity index (χ0n) is 19.9. The van der Waals surface area contributed by atoms with Crippen molar-refractivity contribution in [3.05, 3.63) is 103 Å². The van der Waals surface area contributed by atoms with Gasteiger partial charge >= 0.3 is 0 Å². The molecule has 0 radical (unpaired) electrons. The van der Waals surface area contributed by atoms with Gasteiger partial charge in [-0.2, -0.15) is 0 Å². The fraction of sp³-hybridized carbons (Fsp3) is 0. The summed E-state index contributed by atoms with van der Waals surface area (Å²) >= 11 is 3.58. The highest BCUT2D eigenvalue weighted by Gasteiger charge is 2.21. The van der Waals surface area contributed by atoms with Gasteiger partial charge in [-0.25, -0.2) is 4.98 Å². The summed E-state index contributed by atoms with van der Waals surface area (Å²) in [4.78, 5) is 17.2. The second-order valence-electron chi connectivity index (χ2n) is 9.32. The van der Waals surface area contributed by atoms with Gasteiger partial charge in [-0.1, -0.05) is 42.5 Å². The number of hydrogen-bond donors (Lipinski definition) is 0. The lowest BCUT2D eigenvalue weighted by Crippen LogP contribution is -2.02. The Morgan fingerprint density at radius 2 is 1.00 bits per heavy atom. The number of benzene rings is 2. The summed E-state index contributed by atoms with van der Waals surface area (Å²) in [6.45, 7) is 0. The Morgan fingerprint density at radius 3 is 1.53 bits per heavy atom. The molecule has 2 aromatic carbocycles. The SMILES string of the molecule is c1cc(-n2c3cccnc3c3c4ccccc4sc32)nc(-n2c3cccnc3c3c4ccccc4sc32)c1. The monoisotopic (exact) mass is 523 g/mol. The van der Waals surface area contributed by atoms with Gasteiger partial charge in [-0.3, -0.25) is 19.1 Å². The van der Waals surface area contributed by atoms with Crippen molar-refractivity contribution in [2.75, 3.05) is 0 Å². The summed E-state index contributed by atoms with van der Waals surface area (Å²) in [7, 11) is 0. The molecule has 38 heavy (non-hydrogen) atoms. The topological polar surface area (TPSA) is 48.5 Å². The standard InChI is InChI=1S/C31H17N5S2/c1-3-12-22-18(8-1)26-28-20(10-6-16-32-28)35(30(26)37-22)24-14-5-15-25(34-24)36-21-11-7-17-33-29(21)27-19-9-2-4-13-23(19)38-31(27)36/h1-17H. The molecular formula is C31H17N5S2. The van der Waals surface area contributed by atoms with Crippen LogP contribution in [0.2, 0.25) is 0 Å². The zero-order valence-corrected chi connectivity index (χ0v) is 21.5. The first-order valence-electron chi connectivity index (χ1n) is 12.4. The van der Waals surface area contributed by atoms with Gasteiger partial charge < -0.3 is 0 Å². The third-order valence-corrected chi connectivity index (χ3v) is 9.58. The van der Waals surface area contributed by atoms with Crippen LogP contribution >= 0.6 is 22.7 Å². The highest BCUT2D eigenvalue weighted by atomic mass is 32.1. The average Bonchev–Trinajstić information content (AvgIpc) is 3.69. The summed E-state index contributed by atoms with van der Waals surface area (Å²) in [6, 6.07) is 31.7. The van der Waals surface area contributed by atoms with E-state index in [0.717, 1.165) is 43.4 Å². The number of hydrogen-bond acceptors (Lipinski definition) is 5. The van der Waals surface area contributed by atoms with Crippen LogP contribution in [0.3, 0.4) is 0 Å². The number of rotatable bonds is 2. The lowest BCUT2D eigenvalue weighted by molar-refractivity contribution is 1.02. The minimum Gasteiger partial charge on any atom is -0.283 e. The van der Waals surface area contributed by atoms with Gasteiger partial charge in [0.05, 0.1) is 22.1 Å². The Labute approximate surface area is 223 Å². The van der Waals surface area contributed by atoms with Crippen LogP contribution in [0.5, 0.6) is 0 Å². The maximum atomic E-state index is 5.28. The van der Waals surface area contributed by atoms with Gasteiger partial charge in [0.25, 0.3) is 0 Å². The predicted octanol–water partition coefficient (Wildman–Crippen LogP) is 8.50. The van der Waals surface area contributed by atoms with Gasteiger partial charge in [-0.05, 0) is 48.5 Å². The van der Waals surface area contributed by atoms with Crippen molar-refractivity contribution < 1.29 is 0 Å². The molecule has 0 spiro atoms. The molecule has 7 aromatic heterocycles. The van der Waals surface area contributed by atoms with Crippen LogP contribution in [0.25, 0.3) is 74.3 Å². The van der Waals surface area contributed by atoms with Gasteiger partial charge in [0.1, 0.15) is 21.3 Å². The molecule has 0 aliphatic carbocycles. The maximum Gasteiger partial charge on any atom is 0.140 e. The van der Waals surface area contributed by atoms with E-state index in [4.69, 9.17) is 15.0 Å². The van der Waals surface area contributed by atoms with E-state index in [-0.39, 0.29) is 0 Å². The Hall–Kier alpha value is -4.59. The van der Waals surface area contributed by atoms with Crippen molar-refractivity contribution in [2.45, 2.75) is 0 Å². The molecule has 0 aliphatic heterocycles. The van der Waals surface area contributed by atoms with Crippen molar-refractivity contribution in [1.29, 1.82) is 0 Å². The molecule has 0 amide bonds. The van der Waals surface area contributed by atoms with E-state index >= 15 is 0 Å². The van der Waals surface area contributed by atoms with Crippen LogP contribution in [-0.4, -0.2) is 24.1 Å². The molecule has 7 heteroatoms. The smallest absolute Gasteiger partial charge is 0.140 e. The highest BCUT2D eigenvalue weighted by Crippen LogP contribution is 2.43. The Bertz CT molecular complexity index is 2210. The van der Waals surface area contributed by atoms with Crippen LogP contribution in [0, 0.1) is 0 Å². The Morgan fingerprint density at radius 1 is 0.500 bits per heavy atom. The normalized spacial score (nSPS) is 12.2. The number of fused-ring (bicyclic) bond motifs is 10. The quantitative estimate of drug-likeness (QED) is 0.228. The van der Waals surface area contributed by atoms with E-state index in [1.54, 1.807) is 22.7 Å². The van der Waals surface area contributed by atoms with Crippen molar-refractivity contribution in [3.8, 4) is 11.6 Å². The first kappa shape index (κ1) is 20.5. The Balaban J connectivity index is 1.37. The van der Waals surface area contributed by atoms with Crippen molar-refractivity contribution >= 4 is 85.3 Å². The van der Waals surface area contributed by atoms with Gasteiger partial charge in [0.15, 0.2) is 0 Å². The van der Waals surface area contributed by atoms with Crippen LogP contribution in [0.15, 0.2) is 103 Å². The summed E-state index contributed by atoms with van der Waals surface area (Å²) in [5.74, 6) is 1.75. The fourth-order valence-corrected chi connectivity index (χ4v) is 8.17. The molecule has 0 bridgehead atoms. The van der Waals surface area contributed by atoms with E-state index in [9.17, 15) is 0 Å². The van der Waals surface area contributed by atoms with E-state index in [1.165, 1.54) is 30.9 Å². The summed E-state index contributed by atoms with van der Waals surface area (Å²) < 4.78 is 7.03. The van der Waals surface area contributed by atoms with Crippen LogP contribution < -0.4 is 0 Å². The van der Waals surface area contributed by atoms with Crippen LogP contribution in [0.1, 0.15) is 0 Å². The van der Waals surface area contributed by atoms with Gasteiger partial charge in [0.2, 0.25) is 0 Å². The van der Waals surface area contributed by atoms with Crippen molar-refractivity contribution in [1.82, 2.24) is 24.1 Å². The van der Waals surface area contributed by atoms with Crippen molar-refractivity contribution in [3.63, 3.8) is 0 Å². The minimum atomic E-state index is 0.877. The van der Waals surface area contributed by atoms with E-state index in [2.05, 4.69) is 88.0 Å². The lowest BCUT2D eigenvalue weighted by atomic mass is 10.2. The molecular weight excluding hydrogens is 507 g/mol. The maximum absolute atomic E-state index is 5.28. The second-order valence-corrected chi connectivity index (χ2v) is 11.4. The molecule has 178 valence electrons. The molecule has 9 rings (SSSR count).